The Morgan fingerprint density at radius 3 is 2.28 bits per heavy atom. The minimum absolute atomic E-state index is 0.0127. The van der Waals surface area contributed by atoms with Gasteiger partial charge in [0.1, 0.15) is 0 Å². The van der Waals surface area contributed by atoms with Crippen molar-refractivity contribution >= 4 is 17.8 Å². The average molecular weight is 396 g/mol. The van der Waals surface area contributed by atoms with Gasteiger partial charge < -0.3 is 15.4 Å². The van der Waals surface area contributed by atoms with Gasteiger partial charge in [0.15, 0.2) is 0 Å². The molecule has 0 fully saturated rings. The van der Waals surface area contributed by atoms with E-state index in [9.17, 15) is 14.4 Å². The highest BCUT2D eigenvalue weighted by molar-refractivity contribution is 5.96. The van der Waals surface area contributed by atoms with Gasteiger partial charge in [-0.3, -0.25) is 14.4 Å². The van der Waals surface area contributed by atoms with Crippen LogP contribution in [0.25, 0.3) is 0 Å². The zero-order valence-electron chi connectivity index (χ0n) is 17.3. The lowest BCUT2D eigenvalue weighted by Gasteiger charge is -2.20. The third kappa shape index (κ3) is 7.41. The van der Waals surface area contributed by atoms with Crippen molar-refractivity contribution in [3.63, 3.8) is 0 Å². The summed E-state index contributed by atoms with van der Waals surface area (Å²) in [4.78, 5) is 36.8. The van der Waals surface area contributed by atoms with Crippen LogP contribution in [0.3, 0.4) is 0 Å². The van der Waals surface area contributed by atoms with Gasteiger partial charge in [0.25, 0.3) is 5.91 Å². The number of esters is 1. The van der Waals surface area contributed by atoms with E-state index < -0.39 is 12.0 Å². The number of hydrogen-bond donors (Lipinski definition) is 2. The van der Waals surface area contributed by atoms with Gasteiger partial charge in [-0.25, -0.2) is 0 Å². The molecule has 0 radical (unpaired) electrons. The molecule has 6 heteroatoms. The van der Waals surface area contributed by atoms with Crippen LogP contribution in [0, 0.1) is 13.8 Å². The number of hydrogen-bond acceptors (Lipinski definition) is 4. The Balaban J connectivity index is 2.01. The Morgan fingerprint density at radius 1 is 0.966 bits per heavy atom. The number of benzene rings is 2. The molecule has 0 aromatic heterocycles. The van der Waals surface area contributed by atoms with E-state index in [0.717, 1.165) is 16.7 Å². The van der Waals surface area contributed by atoms with Crippen molar-refractivity contribution in [1.29, 1.82) is 0 Å². The number of carbonyl (C=O) groups excluding carboxylic acids is 3. The van der Waals surface area contributed by atoms with Crippen molar-refractivity contribution in [3.05, 3.63) is 70.8 Å². The monoisotopic (exact) mass is 396 g/mol. The number of amides is 2. The molecule has 2 N–H and O–H groups in total. The van der Waals surface area contributed by atoms with Crippen molar-refractivity contribution < 1.29 is 19.1 Å². The summed E-state index contributed by atoms with van der Waals surface area (Å²) in [5.74, 6) is -1.10. The Morgan fingerprint density at radius 2 is 1.66 bits per heavy atom. The van der Waals surface area contributed by atoms with E-state index in [1.165, 1.54) is 0 Å². The molecule has 2 amide bonds. The van der Waals surface area contributed by atoms with E-state index in [1.54, 1.807) is 32.0 Å². The molecule has 0 saturated heterocycles. The molecular formula is C23H28N2O4. The summed E-state index contributed by atoms with van der Waals surface area (Å²) in [6, 6.07) is 14.2. The number of rotatable bonds is 8. The molecule has 2 aromatic carbocycles. The van der Waals surface area contributed by atoms with Gasteiger partial charge in [0, 0.05) is 5.56 Å². The van der Waals surface area contributed by atoms with Crippen LogP contribution in [0.15, 0.2) is 48.5 Å². The quantitative estimate of drug-likeness (QED) is 0.671. The molecule has 6 nitrogen and oxygen atoms in total. The summed E-state index contributed by atoms with van der Waals surface area (Å²) < 4.78 is 5.21. The second kappa shape index (κ2) is 10.4. The van der Waals surface area contributed by atoms with E-state index >= 15 is 0 Å². The molecule has 0 aliphatic carbocycles. The maximum atomic E-state index is 12.4. The van der Waals surface area contributed by atoms with E-state index in [4.69, 9.17) is 4.74 Å². The first-order chi connectivity index (χ1) is 13.7. The number of ether oxygens (including phenoxy) is 1. The second-order valence-corrected chi connectivity index (χ2v) is 7.33. The lowest BCUT2D eigenvalue weighted by molar-refractivity contribution is -0.148. The highest BCUT2D eigenvalue weighted by Gasteiger charge is 2.20. The summed E-state index contributed by atoms with van der Waals surface area (Å²) in [7, 11) is 0. The van der Waals surface area contributed by atoms with Gasteiger partial charge in [0.2, 0.25) is 5.91 Å². The maximum Gasteiger partial charge on any atom is 0.308 e. The Kier molecular flexibility index (Phi) is 7.95. The summed E-state index contributed by atoms with van der Waals surface area (Å²) in [6.07, 6.45) is -0.218. The van der Waals surface area contributed by atoms with Crippen LogP contribution in [0.4, 0.5) is 0 Å². The van der Waals surface area contributed by atoms with Gasteiger partial charge in [-0.05, 0) is 45.4 Å². The minimum atomic E-state index is -0.537. The minimum Gasteiger partial charge on any atom is -0.463 e. The summed E-state index contributed by atoms with van der Waals surface area (Å²) in [6.45, 7) is 7.22. The Hall–Kier alpha value is -3.15. The van der Waals surface area contributed by atoms with Gasteiger partial charge in [-0.2, -0.15) is 0 Å². The third-order valence-electron chi connectivity index (χ3n) is 4.24. The molecule has 0 saturated carbocycles. The molecule has 0 bridgehead atoms. The zero-order valence-corrected chi connectivity index (χ0v) is 17.3. The molecule has 1 atom stereocenters. The SMILES string of the molecule is Cc1ccc(C(CC(=O)OC(C)C)NC(=O)CNC(=O)c2cccc(C)c2)cc1. The smallest absolute Gasteiger partial charge is 0.308 e. The fraction of sp³-hybridized carbons (Fsp3) is 0.348. The zero-order chi connectivity index (χ0) is 21.4. The predicted octanol–water partition coefficient (Wildman–Crippen LogP) is 3.23. The van der Waals surface area contributed by atoms with Crippen LogP contribution in [-0.2, 0) is 14.3 Å². The molecule has 0 aliphatic rings. The largest absolute Gasteiger partial charge is 0.463 e. The van der Waals surface area contributed by atoms with Crippen LogP contribution in [0.5, 0.6) is 0 Å². The van der Waals surface area contributed by atoms with Crippen molar-refractivity contribution in [3.8, 4) is 0 Å². The maximum absolute atomic E-state index is 12.4. The lowest BCUT2D eigenvalue weighted by Crippen LogP contribution is -2.39. The number of aryl methyl sites for hydroxylation is 2. The van der Waals surface area contributed by atoms with Gasteiger partial charge >= 0.3 is 5.97 Å². The molecule has 2 rings (SSSR count). The van der Waals surface area contributed by atoms with Crippen molar-refractivity contribution in [2.24, 2.45) is 0 Å². The highest BCUT2D eigenvalue weighted by atomic mass is 16.5. The first-order valence-corrected chi connectivity index (χ1v) is 9.65. The van der Waals surface area contributed by atoms with Gasteiger partial charge in [0.05, 0.1) is 25.1 Å². The van der Waals surface area contributed by atoms with Gasteiger partial charge in [-0.1, -0.05) is 47.5 Å². The molecular weight excluding hydrogens is 368 g/mol. The molecule has 2 aromatic rings. The van der Waals surface area contributed by atoms with Crippen LogP contribution in [0.2, 0.25) is 0 Å². The molecule has 1 unspecified atom stereocenters. The van der Waals surface area contributed by atoms with Crippen LogP contribution in [-0.4, -0.2) is 30.4 Å². The van der Waals surface area contributed by atoms with Crippen LogP contribution >= 0.6 is 0 Å². The van der Waals surface area contributed by atoms with Crippen molar-refractivity contribution in [1.82, 2.24) is 10.6 Å². The van der Waals surface area contributed by atoms with Crippen molar-refractivity contribution in [2.75, 3.05) is 6.54 Å². The average Bonchev–Trinajstić information content (AvgIpc) is 2.65. The van der Waals surface area contributed by atoms with Crippen LogP contribution < -0.4 is 10.6 Å². The molecule has 154 valence electrons. The Bertz CT molecular complexity index is 859. The van der Waals surface area contributed by atoms with E-state index in [0.29, 0.717) is 5.56 Å². The molecule has 0 aliphatic heterocycles. The van der Waals surface area contributed by atoms with Crippen molar-refractivity contribution in [2.45, 2.75) is 46.3 Å². The fourth-order valence-electron chi connectivity index (χ4n) is 2.82. The normalized spacial score (nSPS) is 11.6. The number of nitrogens with one attached hydrogen (secondary N) is 2. The topological polar surface area (TPSA) is 84.5 Å². The standard InChI is InChI=1S/C23H28N2O4/c1-15(2)29-22(27)13-20(18-10-8-16(3)9-11-18)25-21(26)14-24-23(28)19-7-5-6-17(4)12-19/h5-12,15,20H,13-14H2,1-4H3,(H,24,28)(H,25,26). The van der Waals surface area contributed by atoms with E-state index in [2.05, 4.69) is 10.6 Å². The molecule has 0 spiro atoms. The predicted molar refractivity (Wildman–Crippen MR) is 111 cm³/mol. The first-order valence-electron chi connectivity index (χ1n) is 9.65. The molecule has 29 heavy (non-hydrogen) atoms. The summed E-state index contributed by atoms with van der Waals surface area (Å²) >= 11 is 0. The fourth-order valence-corrected chi connectivity index (χ4v) is 2.82. The lowest BCUT2D eigenvalue weighted by atomic mass is 10.0. The second-order valence-electron chi connectivity index (χ2n) is 7.33. The summed E-state index contributed by atoms with van der Waals surface area (Å²) in [5, 5.41) is 5.43. The van der Waals surface area contributed by atoms with E-state index in [1.807, 2.05) is 44.2 Å². The van der Waals surface area contributed by atoms with Gasteiger partial charge in [-0.15, -0.1) is 0 Å². The third-order valence-corrected chi connectivity index (χ3v) is 4.24. The van der Waals surface area contributed by atoms with E-state index in [-0.39, 0.29) is 30.9 Å². The Labute approximate surface area is 171 Å². The number of carbonyl (C=O) groups is 3. The van der Waals surface area contributed by atoms with Crippen LogP contribution in [0.1, 0.15) is 53.4 Å². The molecule has 0 heterocycles. The highest BCUT2D eigenvalue weighted by Crippen LogP contribution is 2.18. The summed E-state index contributed by atoms with van der Waals surface area (Å²) in [5.41, 5.74) is 3.34. The first kappa shape index (κ1) is 22.1.